The second-order valence-electron chi connectivity index (χ2n) is 8.15. The third kappa shape index (κ3) is 5.94. The van der Waals surface area contributed by atoms with Crippen molar-refractivity contribution >= 4 is 63.0 Å². The Balaban J connectivity index is 1.32. The average Bonchev–Trinajstić information content (AvgIpc) is 3.36. The minimum Gasteiger partial charge on any atom is -0.361 e. The number of anilines is 3. The fourth-order valence-corrected chi connectivity index (χ4v) is 5.15. The molecule has 1 atom stereocenters. The lowest BCUT2D eigenvalue weighted by Gasteiger charge is -2.18. The molecule has 0 saturated carbocycles. The quantitative estimate of drug-likeness (QED) is 0.136. The van der Waals surface area contributed by atoms with E-state index >= 15 is 0 Å². The highest BCUT2D eigenvalue weighted by Crippen LogP contribution is 2.37. The predicted molar refractivity (Wildman–Crippen MR) is 155 cm³/mol. The molecule has 0 fully saturated rings. The Kier molecular flexibility index (Phi) is 7.30. The number of hydrogen-bond acceptors (Lipinski definition) is 3. The van der Waals surface area contributed by atoms with Crippen LogP contribution in [0.2, 0.25) is 0 Å². The molecule has 0 bridgehead atoms. The lowest BCUT2D eigenvalue weighted by atomic mass is 10.1. The van der Waals surface area contributed by atoms with E-state index in [4.69, 9.17) is 12.2 Å². The zero-order valence-corrected chi connectivity index (χ0v) is 20.9. The normalized spacial score (nSPS) is 11.6. The SMILES string of the molecule is O=C(Nc1ccc2cc[nH]c2c1)C(Sc1cccc(NC(=S)Nc2ccccc2)c1)c1ccccc1. The molecular formula is C29H24N4OS2. The summed E-state index contributed by atoms with van der Waals surface area (Å²) in [5.41, 5.74) is 4.43. The molecule has 4 aromatic carbocycles. The summed E-state index contributed by atoms with van der Waals surface area (Å²) in [6.45, 7) is 0. The third-order valence-corrected chi connectivity index (χ3v) is 6.99. The molecule has 36 heavy (non-hydrogen) atoms. The summed E-state index contributed by atoms with van der Waals surface area (Å²) in [7, 11) is 0. The van der Waals surface area contributed by atoms with Gasteiger partial charge >= 0.3 is 0 Å². The van der Waals surface area contributed by atoms with Gasteiger partial charge in [0.15, 0.2) is 5.11 Å². The Morgan fingerprint density at radius 2 is 1.42 bits per heavy atom. The topological polar surface area (TPSA) is 69.0 Å². The van der Waals surface area contributed by atoms with Gasteiger partial charge in [-0.25, -0.2) is 0 Å². The maximum absolute atomic E-state index is 13.5. The van der Waals surface area contributed by atoms with Crippen LogP contribution in [0.5, 0.6) is 0 Å². The molecule has 178 valence electrons. The smallest absolute Gasteiger partial charge is 0.242 e. The Bertz CT molecular complexity index is 1490. The van der Waals surface area contributed by atoms with Gasteiger partial charge in [-0.3, -0.25) is 4.79 Å². The van der Waals surface area contributed by atoms with Crippen LogP contribution in [-0.4, -0.2) is 16.0 Å². The van der Waals surface area contributed by atoms with E-state index in [2.05, 4.69) is 20.9 Å². The summed E-state index contributed by atoms with van der Waals surface area (Å²) in [5.74, 6) is -0.0864. The summed E-state index contributed by atoms with van der Waals surface area (Å²) in [6, 6.07) is 35.4. The molecule has 0 aliphatic rings. The van der Waals surface area contributed by atoms with Crippen molar-refractivity contribution < 1.29 is 4.79 Å². The van der Waals surface area contributed by atoms with E-state index in [1.165, 1.54) is 11.8 Å². The van der Waals surface area contributed by atoms with Gasteiger partial charge in [0.05, 0.1) is 0 Å². The van der Waals surface area contributed by atoms with Crippen LogP contribution in [0.15, 0.2) is 120 Å². The van der Waals surface area contributed by atoms with Crippen LogP contribution in [0.3, 0.4) is 0 Å². The number of carbonyl (C=O) groups excluding carboxylic acids is 1. The number of benzene rings is 4. The molecule has 0 spiro atoms. The summed E-state index contributed by atoms with van der Waals surface area (Å²) >= 11 is 6.97. The number of thioether (sulfide) groups is 1. The molecule has 0 radical (unpaired) electrons. The number of aromatic nitrogens is 1. The Labute approximate surface area is 219 Å². The van der Waals surface area contributed by atoms with Crippen LogP contribution in [-0.2, 0) is 4.79 Å². The summed E-state index contributed by atoms with van der Waals surface area (Å²) in [4.78, 5) is 17.6. The first-order valence-electron chi connectivity index (χ1n) is 11.5. The van der Waals surface area contributed by atoms with Crippen LogP contribution in [0.4, 0.5) is 17.1 Å². The minimum absolute atomic E-state index is 0.0864. The molecule has 0 aliphatic heterocycles. The van der Waals surface area contributed by atoms with Crippen LogP contribution in [0.1, 0.15) is 10.8 Å². The molecule has 1 amide bonds. The first-order valence-corrected chi connectivity index (χ1v) is 12.8. The Morgan fingerprint density at radius 1 is 0.722 bits per heavy atom. The predicted octanol–water partition coefficient (Wildman–Crippen LogP) is 7.45. The lowest BCUT2D eigenvalue weighted by Crippen LogP contribution is -2.19. The van der Waals surface area contributed by atoms with Crippen molar-refractivity contribution in [1.82, 2.24) is 4.98 Å². The van der Waals surface area contributed by atoms with Crippen molar-refractivity contribution in [2.24, 2.45) is 0 Å². The van der Waals surface area contributed by atoms with Crippen LogP contribution >= 0.6 is 24.0 Å². The van der Waals surface area contributed by atoms with Gasteiger partial charge < -0.3 is 20.9 Å². The van der Waals surface area contributed by atoms with Crippen molar-refractivity contribution in [3.05, 3.63) is 121 Å². The molecule has 1 heterocycles. The van der Waals surface area contributed by atoms with Crippen molar-refractivity contribution in [3.8, 4) is 0 Å². The second kappa shape index (κ2) is 11.1. The van der Waals surface area contributed by atoms with Gasteiger partial charge in [0.1, 0.15) is 5.25 Å². The lowest BCUT2D eigenvalue weighted by molar-refractivity contribution is -0.115. The highest BCUT2D eigenvalue weighted by atomic mass is 32.2. The fourth-order valence-electron chi connectivity index (χ4n) is 3.83. The number of carbonyl (C=O) groups is 1. The molecule has 5 rings (SSSR count). The minimum atomic E-state index is -0.435. The van der Waals surface area contributed by atoms with Gasteiger partial charge in [-0.2, -0.15) is 0 Å². The number of H-pyrrole nitrogens is 1. The number of rotatable bonds is 7. The van der Waals surface area contributed by atoms with E-state index in [0.717, 1.165) is 38.4 Å². The van der Waals surface area contributed by atoms with E-state index in [-0.39, 0.29) is 5.91 Å². The molecule has 1 aromatic heterocycles. The molecule has 5 nitrogen and oxygen atoms in total. The molecule has 5 aromatic rings. The van der Waals surface area contributed by atoms with E-state index in [1.54, 1.807) is 0 Å². The standard InChI is InChI=1S/C29H24N4OS2/c34-28(31-24-15-14-20-16-17-30-26(20)19-24)27(21-8-3-1-4-9-21)36-25-13-7-12-23(18-25)33-29(35)32-22-10-5-2-6-11-22/h1-19,27,30H,(H,31,34)(H2,32,33,35). The number of thiocarbonyl (C=S) groups is 1. The Morgan fingerprint density at radius 3 is 2.22 bits per heavy atom. The molecule has 7 heteroatoms. The summed E-state index contributed by atoms with van der Waals surface area (Å²) in [6.07, 6.45) is 1.89. The molecule has 4 N–H and O–H groups in total. The monoisotopic (exact) mass is 508 g/mol. The molecular weight excluding hydrogens is 484 g/mol. The maximum atomic E-state index is 13.5. The van der Waals surface area contributed by atoms with Gasteiger partial charge in [0.2, 0.25) is 5.91 Å². The van der Waals surface area contributed by atoms with E-state index in [1.807, 2.05) is 115 Å². The first-order chi connectivity index (χ1) is 17.6. The van der Waals surface area contributed by atoms with Crippen LogP contribution in [0.25, 0.3) is 10.9 Å². The van der Waals surface area contributed by atoms with Crippen LogP contribution < -0.4 is 16.0 Å². The van der Waals surface area contributed by atoms with Gasteiger partial charge in [-0.05, 0) is 71.7 Å². The largest absolute Gasteiger partial charge is 0.361 e. The number of para-hydroxylation sites is 1. The van der Waals surface area contributed by atoms with Gasteiger partial charge in [0.25, 0.3) is 0 Å². The zero-order valence-electron chi connectivity index (χ0n) is 19.3. The molecule has 0 aliphatic carbocycles. The van der Waals surface area contributed by atoms with Gasteiger partial charge in [-0.1, -0.05) is 60.7 Å². The average molecular weight is 509 g/mol. The summed E-state index contributed by atoms with van der Waals surface area (Å²) < 4.78 is 0. The molecule has 0 saturated heterocycles. The summed E-state index contributed by atoms with van der Waals surface area (Å²) in [5, 5.41) is 10.7. The van der Waals surface area contributed by atoms with Crippen molar-refractivity contribution in [2.45, 2.75) is 10.1 Å². The third-order valence-electron chi connectivity index (χ3n) is 5.54. The number of nitrogens with one attached hydrogen (secondary N) is 4. The van der Waals surface area contributed by atoms with Crippen molar-refractivity contribution in [2.75, 3.05) is 16.0 Å². The first kappa shape index (κ1) is 23.7. The van der Waals surface area contributed by atoms with Gasteiger partial charge in [0, 0.05) is 33.7 Å². The van der Waals surface area contributed by atoms with Gasteiger partial charge in [-0.15, -0.1) is 11.8 Å². The van der Waals surface area contributed by atoms with E-state index in [9.17, 15) is 4.79 Å². The Hall–Kier alpha value is -4.07. The number of amides is 1. The fraction of sp³-hybridized carbons (Fsp3) is 0.0345. The maximum Gasteiger partial charge on any atom is 0.242 e. The van der Waals surface area contributed by atoms with Crippen molar-refractivity contribution in [1.29, 1.82) is 0 Å². The van der Waals surface area contributed by atoms with Crippen molar-refractivity contribution in [3.63, 3.8) is 0 Å². The highest BCUT2D eigenvalue weighted by molar-refractivity contribution is 8.00. The van der Waals surface area contributed by atoms with E-state index in [0.29, 0.717) is 5.11 Å². The van der Waals surface area contributed by atoms with Crippen LogP contribution in [0, 0.1) is 0 Å². The zero-order chi connectivity index (χ0) is 24.7. The number of fused-ring (bicyclic) bond motifs is 1. The highest BCUT2D eigenvalue weighted by Gasteiger charge is 2.22. The van der Waals surface area contributed by atoms with E-state index < -0.39 is 5.25 Å². The molecule has 1 unspecified atom stereocenters. The second-order valence-corrected chi connectivity index (χ2v) is 9.74. The number of hydrogen-bond donors (Lipinski definition) is 4. The number of aromatic amines is 1.